The average Bonchev–Trinajstić information content (AvgIpc) is 2.71. The van der Waals surface area contributed by atoms with Crippen molar-refractivity contribution < 1.29 is 9.47 Å². The number of nitrogens with zero attached hydrogens (tertiary/aromatic N) is 1. The smallest absolute Gasteiger partial charge is 0.148 e. The summed E-state index contributed by atoms with van der Waals surface area (Å²) in [7, 11) is 1.67. The van der Waals surface area contributed by atoms with Gasteiger partial charge in [0.1, 0.15) is 18.1 Å². The highest BCUT2D eigenvalue weighted by Crippen LogP contribution is 2.35. The molecule has 4 nitrogen and oxygen atoms in total. The zero-order valence-electron chi connectivity index (χ0n) is 15.4. The van der Waals surface area contributed by atoms with Crippen LogP contribution in [0.3, 0.4) is 0 Å². The topological polar surface area (TPSA) is 42.8 Å². The quantitative estimate of drug-likeness (QED) is 0.306. The third-order valence-electron chi connectivity index (χ3n) is 4.01. The Kier molecular flexibility index (Phi) is 7.51. The Morgan fingerprint density at radius 3 is 2.36 bits per heavy atom. The monoisotopic (exact) mass is 502 g/mol. The van der Waals surface area contributed by atoms with Crippen LogP contribution in [-0.2, 0) is 13.2 Å². The van der Waals surface area contributed by atoms with Crippen molar-refractivity contribution in [3.8, 4) is 11.5 Å². The molecule has 144 valence electrons. The Labute approximate surface area is 181 Å². The van der Waals surface area contributed by atoms with Gasteiger partial charge in [-0.3, -0.25) is 0 Å². The van der Waals surface area contributed by atoms with Crippen molar-refractivity contribution in [1.82, 2.24) is 5.43 Å². The Morgan fingerprint density at radius 1 is 0.964 bits per heavy atom. The van der Waals surface area contributed by atoms with E-state index in [0.717, 1.165) is 37.1 Å². The van der Waals surface area contributed by atoms with Crippen LogP contribution in [0.2, 0.25) is 0 Å². The second-order valence-electron chi connectivity index (χ2n) is 5.99. The number of methoxy groups -OCH3 is 1. The highest BCUT2D eigenvalue weighted by atomic mass is 79.9. The van der Waals surface area contributed by atoms with E-state index < -0.39 is 0 Å². The Hall–Kier alpha value is -2.31. The standard InChI is InChI=1S/C22H20Br2N2O2/c1-27-21-10-6-5-9-18(21)14-26-25-13-17-11-19(23)22(20(24)12-17)28-15-16-7-3-2-4-8-16/h2-13,26H,14-15H2,1H3/b25-13+. The number of hydrogen-bond donors (Lipinski definition) is 1. The molecule has 0 amide bonds. The molecule has 0 fully saturated rings. The second-order valence-corrected chi connectivity index (χ2v) is 7.70. The van der Waals surface area contributed by atoms with Gasteiger partial charge in [-0.1, -0.05) is 48.5 Å². The number of hydrogen-bond acceptors (Lipinski definition) is 4. The maximum absolute atomic E-state index is 5.95. The molecular formula is C22H20Br2N2O2. The predicted octanol–water partition coefficient (Wildman–Crippen LogP) is 5.92. The summed E-state index contributed by atoms with van der Waals surface area (Å²) in [6.07, 6.45) is 1.77. The van der Waals surface area contributed by atoms with Crippen LogP contribution in [0.15, 0.2) is 80.8 Å². The van der Waals surface area contributed by atoms with E-state index in [-0.39, 0.29) is 0 Å². The molecule has 0 spiro atoms. The molecule has 0 unspecified atom stereocenters. The maximum Gasteiger partial charge on any atom is 0.148 e. The van der Waals surface area contributed by atoms with Gasteiger partial charge in [-0.15, -0.1) is 0 Å². The van der Waals surface area contributed by atoms with E-state index in [1.54, 1.807) is 13.3 Å². The minimum absolute atomic E-state index is 0.506. The molecule has 0 aliphatic heterocycles. The first-order chi connectivity index (χ1) is 13.7. The number of para-hydroxylation sites is 1. The first-order valence-electron chi connectivity index (χ1n) is 8.71. The van der Waals surface area contributed by atoms with Gasteiger partial charge in [0.15, 0.2) is 0 Å². The number of nitrogens with one attached hydrogen (secondary N) is 1. The lowest BCUT2D eigenvalue weighted by atomic mass is 10.2. The van der Waals surface area contributed by atoms with Crippen molar-refractivity contribution in [3.05, 3.63) is 92.4 Å². The molecular weight excluding hydrogens is 484 g/mol. The summed E-state index contributed by atoms with van der Waals surface area (Å²) in [5, 5.41) is 4.30. The van der Waals surface area contributed by atoms with Crippen LogP contribution in [-0.4, -0.2) is 13.3 Å². The molecule has 0 saturated heterocycles. The van der Waals surface area contributed by atoms with Gasteiger partial charge in [0.2, 0.25) is 0 Å². The van der Waals surface area contributed by atoms with Gasteiger partial charge < -0.3 is 14.9 Å². The number of hydrazone groups is 1. The Morgan fingerprint density at radius 2 is 1.64 bits per heavy atom. The van der Waals surface area contributed by atoms with Gasteiger partial charge in [0.25, 0.3) is 0 Å². The molecule has 0 saturated carbocycles. The molecule has 0 radical (unpaired) electrons. The highest BCUT2D eigenvalue weighted by molar-refractivity contribution is 9.11. The third kappa shape index (κ3) is 5.59. The average molecular weight is 504 g/mol. The van der Waals surface area contributed by atoms with Crippen molar-refractivity contribution in [1.29, 1.82) is 0 Å². The van der Waals surface area contributed by atoms with Gasteiger partial charge in [-0.2, -0.15) is 5.10 Å². The van der Waals surface area contributed by atoms with Crippen molar-refractivity contribution in [2.24, 2.45) is 5.10 Å². The van der Waals surface area contributed by atoms with Crippen LogP contribution in [0.5, 0.6) is 11.5 Å². The van der Waals surface area contributed by atoms with Crippen LogP contribution >= 0.6 is 31.9 Å². The molecule has 0 aromatic heterocycles. The summed E-state index contributed by atoms with van der Waals surface area (Å²) < 4.78 is 13.0. The minimum atomic E-state index is 0.506. The Bertz CT molecular complexity index is 923. The third-order valence-corrected chi connectivity index (χ3v) is 5.19. The van der Waals surface area contributed by atoms with Crippen molar-refractivity contribution in [3.63, 3.8) is 0 Å². The van der Waals surface area contributed by atoms with E-state index in [1.807, 2.05) is 66.7 Å². The van der Waals surface area contributed by atoms with E-state index in [9.17, 15) is 0 Å². The highest BCUT2D eigenvalue weighted by Gasteiger charge is 2.09. The molecule has 28 heavy (non-hydrogen) atoms. The molecule has 3 rings (SSSR count). The van der Waals surface area contributed by atoms with Gasteiger partial charge in [-0.25, -0.2) is 0 Å². The van der Waals surface area contributed by atoms with Gasteiger partial charge in [0.05, 0.1) is 28.8 Å². The van der Waals surface area contributed by atoms with Gasteiger partial charge in [-0.05, 0) is 61.2 Å². The van der Waals surface area contributed by atoms with Crippen molar-refractivity contribution in [2.45, 2.75) is 13.2 Å². The lowest BCUT2D eigenvalue weighted by Gasteiger charge is -2.11. The zero-order chi connectivity index (χ0) is 19.8. The summed E-state index contributed by atoms with van der Waals surface area (Å²) in [6.45, 7) is 1.09. The number of rotatable bonds is 8. The largest absolute Gasteiger partial charge is 0.496 e. The lowest BCUT2D eigenvalue weighted by molar-refractivity contribution is 0.302. The molecule has 3 aromatic rings. The SMILES string of the molecule is COc1ccccc1CN/N=C/c1cc(Br)c(OCc2ccccc2)c(Br)c1. The molecule has 1 N–H and O–H groups in total. The summed E-state index contributed by atoms with van der Waals surface area (Å²) in [5.41, 5.74) is 6.16. The van der Waals surface area contributed by atoms with Crippen LogP contribution in [0.1, 0.15) is 16.7 Å². The van der Waals surface area contributed by atoms with Crippen LogP contribution in [0.25, 0.3) is 0 Å². The van der Waals surface area contributed by atoms with Crippen molar-refractivity contribution in [2.75, 3.05) is 7.11 Å². The summed E-state index contributed by atoms with van der Waals surface area (Å²) >= 11 is 7.16. The first kappa shape index (κ1) is 20.4. The molecule has 0 bridgehead atoms. The summed E-state index contributed by atoms with van der Waals surface area (Å²) in [5.74, 6) is 1.61. The minimum Gasteiger partial charge on any atom is -0.496 e. The van der Waals surface area contributed by atoms with Crippen LogP contribution in [0, 0.1) is 0 Å². The first-order valence-corrected chi connectivity index (χ1v) is 10.3. The predicted molar refractivity (Wildman–Crippen MR) is 120 cm³/mol. The van der Waals surface area contributed by atoms with Crippen molar-refractivity contribution >= 4 is 38.1 Å². The zero-order valence-corrected chi connectivity index (χ0v) is 18.5. The molecule has 0 aliphatic carbocycles. The molecule has 3 aromatic carbocycles. The fourth-order valence-electron chi connectivity index (χ4n) is 2.62. The van der Waals surface area contributed by atoms with E-state index >= 15 is 0 Å². The number of ether oxygens (including phenoxy) is 2. The molecule has 6 heteroatoms. The van der Waals surface area contributed by atoms with Crippen LogP contribution in [0.4, 0.5) is 0 Å². The normalized spacial score (nSPS) is 10.8. The maximum atomic E-state index is 5.95. The van der Waals surface area contributed by atoms with E-state index in [4.69, 9.17) is 9.47 Å². The fourth-order valence-corrected chi connectivity index (χ4v) is 4.07. The van der Waals surface area contributed by atoms with Gasteiger partial charge >= 0.3 is 0 Å². The van der Waals surface area contributed by atoms with Gasteiger partial charge in [0, 0.05) is 5.56 Å². The molecule has 0 atom stereocenters. The fraction of sp³-hybridized carbons (Fsp3) is 0.136. The van der Waals surface area contributed by atoms with E-state index in [2.05, 4.69) is 42.4 Å². The second kappa shape index (κ2) is 10.3. The summed E-state index contributed by atoms with van der Waals surface area (Å²) in [6, 6.07) is 21.9. The van der Waals surface area contributed by atoms with E-state index in [1.165, 1.54) is 0 Å². The number of benzene rings is 3. The summed E-state index contributed by atoms with van der Waals surface area (Å²) in [4.78, 5) is 0. The van der Waals surface area contributed by atoms with E-state index in [0.29, 0.717) is 13.2 Å². The van der Waals surface area contributed by atoms with Crippen LogP contribution < -0.4 is 14.9 Å². The molecule has 0 heterocycles. The Balaban J connectivity index is 1.61. The number of halogens is 2. The lowest BCUT2D eigenvalue weighted by Crippen LogP contribution is -2.07. The molecule has 0 aliphatic rings.